The van der Waals surface area contributed by atoms with Crippen molar-refractivity contribution in [2.75, 3.05) is 10.7 Å². The fraction of sp³-hybridized carbons (Fsp3) is 0.357. The average Bonchev–Trinajstić information content (AvgIpc) is 2.89. The summed E-state index contributed by atoms with van der Waals surface area (Å²) < 4.78 is 0. The summed E-state index contributed by atoms with van der Waals surface area (Å²) in [5, 5.41) is 1.87. The molecule has 18 heavy (non-hydrogen) atoms. The molecule has 0 aliphatic heterocycles. The third-order valence-electron chi connectivity index (χ3n) is 3.14. The van der Waals surface area contributed by atoms with Crippen LogP contribution in [0.2, 0.25) is 0 Å². The minimum atomic E-state index is 0.0958. The second-order valence-electron chi connectivity index (χ2n) is 4.56. The highest BCUT2D eigenvalue weighted by Crippen LogP contribution is 2.34. The van der Waals surface area contributed by atoms with Gasteiger partial charge in [-0.15, -0.1) is 11.3 Å². The normalized spacial score (nSPS) is 11.7. The molecule has 2 rings (SSSR count). The predicted molar refractivity (Wildman–Crippen MR) is 86.3 cm³/mol. The minimum absolute atomic E-state index is 0.0958. The molecule has 0 bridgehead atoms. The molecule has 0 aliphatic carbocycles. The van der Waals surface area contributed by atoms with Gasteiger partial charge in [-0.3, -0.25) is 4.98 Å². The fourth-order valence-corrected chi connectivity index (χ4v) is 4.74. The van der Waals surface area contributed by atoms with Crippen LogP contribution in [0.25, 0.3) is 0 Å². The largest absolute Gasteiger partial charge is 0.253 e. The summed E-state index contributed by atoms with van der Waals surface area (Å²) in [7, 11) is 0. The fourth-order valence-electron chi connectivity index (χ4n) is 2.02. The standard InChI is InChI=1S/C14H15Br2NS/c1-11-3-2-4-12(5-11)14(8-15,9-16)6-13-7-17-10-18-13/h2-5,7,10H,6,8-9H2,1H3. The Morgan fingerprint density at radius 3 is 2.61 bits per heavy atom. The Balaban J connectivity index is 2.37. The lowest BCUT2D eigenvalue weighted by molar-refractivity contribution is 0.555. The van der Waals surface area contributed by atoms with Crippen molar-refractivity contribution in [3.05, 3.63) is 52.0 Å². The number of aromatic nitrogens is 1. The van der Waals surface area contributed by atoms with Crippen molar-refractivity contribution in [3.63, 3.8) is 0 Å². The first-order chi connectivity index (χ1) is 8.70. The van der Waals surface area contributed by atoms with Gasteiger partial charge in [0.1, 0.15) is 0 Å². The molecule has 1 aromatic carbocycles. The molecule has 0 fully saturated rings. The zero-order valence-corrected chi connectivity index (χ0v) is 14.2. The maximum atomic E-state index is 4.17. The number of benzene rings is 1. The number of halogens is 2. The highest BCUT2D eigenvalue weighted by atomic mass is 79.9. The van der Waals surface area contributed by atoms with Crippen LogP contribution in [0.3, 0.4) is 0 Å². The van der Waals surface area contributed by atoms with Crippen LogP contribution in [0.1, 0.15) is 16.0 Å². The summed E-state index contributed by atoms with van der Waals surface area (Å²) in [5.41, 5.74) is 4.69. The number of thiazole rings is 1. The Hall–Kier alpha value is -0.190. The first-order valence-electron chi connectivity index (χ1n) is 5.77. The van der Waals surface area contributed by atoms with E-state index in [1.807, 2.05) is 11.7 Å². The number of hydrogen-bond donors (Lipinski definition) is 0. The predicted octanol–water partition coefficient (Wildman–Crippen LogP) is 4.72. The van der Waals surface area contributed by atoms with E-state index in [4.69, 9.17) is 0 Å². The Morgan fingerprint density at radius 2 is 2.06 bits per heavy atom. The van der Waals surface area contributed by atoms with Crippen molar-refractivity contribution in [3.8, 4) is 0 Å². The molecule has 1 nitrogen and oxygen atoms in total. The van der Waals surface area contributed by atoms with Gasteiger partial charge in [0.2, 0.25) is 0 Å². The van der Waals surface area contributed by atoms with Crippen molar-refractivity contribution in [2.24, 2.45) is 0 Å². The van der Waals surface area contributed by atoms with Gasteiger partial charge in [-0.05, 0) is 18.9 Å². The van der Waals surface area contributed by atoms with E-state index < -0.39 is 0 Å². The zero-order valence-electron chi connectivity index (χ0n) is 10.2. The molecule has 0 spiro atoms. The van der Waals surface area contributed by atoms with E-state index in [0.29, 0.717) is 0 Å². The lowest BCUT2D eigenvalue weighted by Gasteiger charge is -2.30. The van der Waals surface area contributed by atoms with Crippen LogP contribution in [-0.2, 0) is 11.8 Å². The van der Waals surface area contributed by atoms with Crippen molar-refractivity contribution in [1.29, 1.82) is 0 Å². The van der Waals surface area contributed by atoms with E-state index >= 15 is 0 Å². The first-order valence-corrected chi connectivity index (χ1v) is 8.89. The third kappa shape index (κ3) is 3.03. The SMILES string of the molecule is Cc1cccc(C(CBr)(CBr)Cc2cncs2)c1. The van der Waals surface area contributed by atoms with E-state index in [1.54, 1.807) is 11.3 Å². The van der Waals surface area contributed by atoms with Crippen LogP contribution in [0.5, 0.6) is 0 Å². The summed E-state index contributed by atoms with van der Waals surface area (Å²) in [6, 6.07) is 8.78. The molecule has 0 aliphatic rings. The van der Waals surface area contributed by atoms with Gasteiger partial charge in [0, 0.05) is 27.1 Å². The monoisotopic (exact) mass is 387 g/mol. The van der Waals surface area contributed by atoms with Crippen LogP contribution >= 0.6 is 43.2 Å². The first kappa shape index (κ1) is 14.2. The van der Waals surface area contributed by atoms with Crippen molar-refractivity contribution < 1.29 is 0 Å². The Kier molecular flexibility index (Phi) is 4.98. The molecular formula is C14H15Br2NS. The maximum absolute atomic E-state index is 4.17. The van der Waals surface area contributed by atoms with Gasteiger partial charge in [0.05, 0.1) is 5.51 Å². The molecule has 1 aromatic heterocycles. The summed E-state index contributed by atoms with van der Waals surface area (Å²) in [6.45, 7) is 2.14. The topological polar surface area (TPSA) is 12.9 Å². The van der Waals surface area contributed by atoms with E-state index in [1.165, 1.54) is 16.0 Å². The number of rotatable bonds is 5. The number of nitrogens with zero attached hydrogens (tertiary/aromatic N) is 1. The van der Waals surface area contributed by atoms with Crippen molar-refractivity contribution in [1.82, 2.24) is 4.98 Å². The molecule has 0 atom stereocenters. The van der Waals surface area contributed by atoms with E-state index in [9.17, 15) is 0 Å². The lowest BCUT2D eigenvalue weighted by Crippen LogP contribution is -2.32. The molecule has 0 saturated heterocycles. The van der Waals surface area contributed by atoms with E-state index in [2.05, 4.69) is 68.0 Å². The summed E-state index contributed by atoms with van der Waals surface area (Å²) in [5.74, 6) is 0. The molecule has 2 aromatic rings. The number of hydrogen-bond acceptors (Lipinski definition) is 2. The number of alkyl halides is 2. The molecule has 96 valence electrons. The summed E-state index contributed by atoms with van der Waals surface area (Å²) in [4.78, 5) is 5.50. The molecular weight excluding hydrogens is 374 g/mol. The maximum Gasteiger partial charge on any atom is 0.0794 e. The van der Waals surface area contributed by atoms with Crippen LogP contribution in [0, 0.1) is 6.92 Å². The number of aryl methyl sites for hydroxylation is 1. The quantitative estimate of drug-likeness (QED) is 0.675. The smallest absolute Gasteiger partial charge is 0.0794 e. The second kappa shape index (κ2) is 6.31. The van der Waals surface area contributed by atoms with Gasteiger partial charge in [-0.25, -0.2) is 0 Å². The van der Waals surface area contributed by atoms with Crippen molar-refractivity contribution >= 4 is 43.2 Å². The molecule has 0 saturated carbocycles. The molecule has 0 N–H and O–H groups in total. The van der Waals surface area contributed by atoms with Gasteiger partial charge in [-0.2, -0.15) is 0 Å². The van der Waals surface area contributed by atoms with Gasteiger partial charge in [0.15, 0.2) is 0 Å². The van der Waals surface area contributed by atoms with Crippen LogP contribution in [-0.4, -0.2) is 15.6 Å². The summed E-state index contributed by atoms with van der Waals surface area (Å²) in [6.07, 6.45) is 2.98. The van der Waals surface area contributed by atoms with E-state index in [0.717, 1.165) is 17.1 Å². The average molecular weight is 389 g/mol. The molecule has 0 unspecified atom stereocenters. The third-order valence-corrected chi connectivity index (χ3v) is 6.06. The van der Waals surface area contributed by atoms with Gasteiger partial charge < -0.3 is 0 Å². The Morgan fingerprint density at radius 1 is 1.28 bits per heavy atom. The lowest BCUT2D eigenvalue weighted by atomic mass is 9.80. The molecule has 1 heterocycles. The minimum Gasteiger partial charge on any atom is -0.253 e. The Labute approximate surface area is 129 Å². The van der Waals surface area contributed by atoms with Crippen molar-refractivity contribution in [2.45, 2.75) is 18.8 Å². The van der Waals surface area contributed by atoms with Gasteiger partial charge >= 0.3 is 0 Å². The zero-order chi connectivity index (χ0) is 13.0. The van der Waals surface area contributed by atoms with Crippen LogP contribution in [0.4, 0.5) is 0 Å². The van der Waals surface area contributed by atoms with Gasteiger partial charge in [0.25, 0.3) is 0 Å². The molecule has 0 amide bonds. The van der Waals surface area contributed by atoms with E-state index in [-0.39, 0.29) is 5.41 Å². The second-order valence-corrected chi connectivity index (χ2v) is 6.65. The summed E-state index contributed by atoms with van der Waals surface area (Å²) >= 11 is 9.12. The highest BCUT2D eigenvalue weighted by molar-refractivity contribution is 9.09. The van der Waals surface area contributed by atoms with Gasteiger partial charge in [-0.1, -0.05) is 61.7 Å². The Bertz CT molecular complexity index is 492. The van der Waals surface area contributed by atoms with Crippen LogP contribution < -0.4 is 0 Å². The molecule has 0 radical (unpaired) electrons. The highest BCUT2D eigenvalue weighted by Gasteiger charge is 2.31. The van der Waals surface area contributed by atoms with Crippen LogP contribution in [0.15, 0.2) is 36.0 Å². The molecule has 4 heteroatoms.